The molecule has 0 atom stereocenters. The summed E-state index contributed by atoms with van der Waals surface area (Å²) in [6, 6.07) is 22.2. The van der Waals surface area contributed by atoms with Crippen LogP contribution in [-0.4, -0.2) is 16.7 Å². The Morgan fingerprint density at radius 1 is 0.862 bits per heavy atom. The van der Waals surface area contributed by atoms with Crippen molar-refractivity contribution < 1.29 is 15.2 Å². The number of quaternary nitrogens is 1. The number of phenolic OH excluding ortho intramolecular Hbond substituents is 1. The van der Waals surface area contributed by atoms with Gasteiger partial charge in [-0.05, 0) is 53.8 Å². The summed E-state index contributed by atoms with van der Waals surface area (Å²) in [6.07, 6.45) is 3.78. The first-order valence-electron chi connectivity index (χ1n) is 9.93. The fraction of sp³-hybridized carbons (Fsp3) is 0.160. The summed E-state index contributed by atoms with van der Waals surface area (Å²) in [4.78, 5) is 4.35. The fourth-order valence-electron chi connectivity index (χ4n) is 3.64. The zero-order chi connectivity index (χ0) is 20.1. The van der Waals surface area contributed by atoms with Gasteiger partial charge in [0.25, 0.3) is 0 Å². The van der Waals surface area contributed by atoms with Crippen LogP contribution in [0.1, 0.15) is 18.1 Å². The maximum absolute atomic E-state index is 9.96. The largest absolute Gasteiger partial charge is 0.507 e. The number of rotatable bonds is 7. The molecule has 4 nitrogen and oxygen atoms in total. The lowest BCUT2D eigenvalue weighted by molar-refractivity contribution is -0.686. The van der Waals surface area contributed by atoms with E-state index in [0.717, 1.165) is 35.4 Å². The van der Waals surface area contributed by atoms with E-state index in [2.05, 4.69) is 40.6 Å². The first-order valence-corrected chi connectivity index (χ1v) is 9.93. The van der Waals surface area contributed by atoms with Crippen molar-refractivity contribution in [2.75, 3.05) is 6.61 Å². The molecule has 0 amide bonds. The molecule has 0 saturated carbocycles. The Morgan fingerprint density at radius 3 is 2.45 bits per heavy atom. The molecule has 1 aromatic heterocycles. The van der Waals surface area contributed by atoms with Crippen molar-refractivity contribution in [3.05, 3.63) is 90.3 Å². The summed E-state index contributed by atoms with van der Waals surface area (Å²) in [5.74, 6) is 1.23. The van der Waals surface area contributed by atoms with Crippen LogP contribution in [-0.2, 0) is 13.1 Å². The van der Waals surface area contributed by atoms with Gasteiger partial charge in [0.15, 0.2) is 0 Å². The second-order valence-corrected chi connectivity index (χ2v) is 6.98. The normalized spacial score (nSPS) is 10.9. The van der Waals surface area contributed by atoms with E-state index in [1.807, 2.05) is 49.6 Å². The summed E-state index contributed by atoms with van der Waals surface area (Å²) in [7, 11) is 0. The van der Waals surface area contributed by atoms with E-state index >= 15 is 0 Å². The van der Waals surface area contributed by atoms with Crippen molar-refractivity contribution in [3.63, 3.8) is 0 Å². The van der Waals surface area contributed by atoms with Crippen molar-refractivity contribution in [1.29, 1.82) is 0 Å². The molecule has 29 heavy (non-hydrogen) atoms. The Balaban J connectivity index is 1.59. The van der Waals surface area contributed by atoms with Crippen molar-refractivity contribution in [3.8, 4) is 22.6 Å². The van der Waals surface area contributed by atoms with Gasteiger partial charge in [-0.15, -0.1) is 0 Å². The predicted molar refractivity (Wildman–Crippen MR) is 116 cm³/mol. The minimum absolute atomic E-state index is 0.348. The molecular formula is C25H25N2O2+. The van der Waals surface area contributed by atoms with E-state index < -0.39 is 0 Å². The Labute approximate surface area is 170 Å². The molecule has 3 aromatic carbocycles. The van der Waals surface area contributed by atoms with Crippen LogP contribution in [0.4, 0.5) is 0 Å². The van der Waals surface area contributed by atoms with Crippen molar-refractivity contribution in [2.24, 2.45) is 0 Å². The molecule has 0 fully saturated rings. The van der Waals surface area contributed by atoms with E-state index in [4.69, 9.17) is 4.74 Å². The zero-order valence-corrected chi connectivity index (χ0v) is 16.5. The molecule has 4 rings (SSSR count). The maximum Gasteiger partial charge on any atom is 0.124 e. The van der Waals surface area contributed by atoms with Gasteiger partial charge in [-0.25, -0.2) is 0 Å². The van der Waals surface area contributed by atoms with E-state index in [1.54, 1.807) is 6.07 Å². The van der Waals surface area contributed by atoms with E-state index in [9.17, 15) is 5.11 Å². The van der Waals surface area contributed by atoms with Crippen molar-refractivity contribution in [1.82, 2.24) is 4.98 Å². The highest BCUT2D eigenvalue weighted by atomic mass is 16.5. The number of hydrogen-bond donors (Lipinski definition) is 2. The molecule has 0 unspecified atom stereocenters. The SMILES string of the molecule is CCOc1ccc(-c2ccc(C[NH2+]Cc3ccccc3O)c3cnccc23)cc1. The molecule has 1 heterocycles. The third-order valence-electron chi connectivity index (χ3n) is 5.10. The molecule has 0 radical (unpaired) electrons. The quantitative estimate of drug-likeness (QED) is 0.499. The molecular weight excluding hydrogens is 360 g/mol. The number of pyridine rings is 1. The molecule has 0 aliphatic heterocycles. The van der Waals surface area contributed by atoms with Crippen LogP contribution < -0.4 is 10.1 Å². The number of ether oxygens (including phenoxy) is 1. The van der Waals surface area contributed by atoms with Crippen LogP contribution >= 0.6 is 0 Å². The Kier molecular flexibility index (Phi) is 5.73. The van der Waals surface area contributed by atoms with Crippen LogP contribution in [0.5, 0.6) is 11.5 Å². The minimum Gasteiger partial charge on any atom is -0.507 e. The maximum atomic E-state index is 9.96. The summed E-state index contributed by atoms with van der Waals surface area (Å²) < 4.78 is 5.56. The number of phenols is 1. The molecule has 4 heteroatoms. The topological polar surface area (TPSA) is 59.0 Å². The predicted octanol–water partition coefficient (Wildman–Crippen LogP) is 4.27. The lowest BCUT2D eigenvalue weighted by Crippen LogP contribution is -2.80. The number of nitrogens with two attached hydrogens (primary N) is 1. The molecule has 146 valence electrons. The lowest BCUT2D eigenvalue weighted by Gasteiger charge is -2.12. The molecule has 0 aliphatic carbocycles. The standard InChI is InChI=1S/C25H24N2O2/c1-2-29-21-10-7-18(8-11-21)22-12-9-19(24-17-26-14-13-23(22)24)15-27-16-20-5-3-4-6-25(20)28/h3-14,17,27-28H,2,15-16H2,1H3/p+1. The number of para-hydroxylation sites is 1. The van der Waals surface area contributed by atoms with Crippen molar-refractivity contribution >= 4 is 10.8 Å². The Hall–Kier alpha value is -3.37. The Morgan fingerprint density at radius 2 is 1.66 bits per heavy atom. The summed E-state index contributed by atoms with van der Waals surface area (Å²) in [6.45, 7) is 4.21. The van der Waals surface area contributed by atoms with Gasteiger partial charge in [-0.2, -0.15) is 0 Å². The zero-order valence-electron chi connectivity index (χ0n) is 16.5. The van der Waals surface area contributed by atoms with Gasteiger partial charge in [-0.3, -0.25) is 4.98 Å². The van der Waals surface area contributed by atoms with Gasteiger partial charge < -0.3 is 15.2 Å². The van der Waals surface area contributed by atoms with Crippen LogP contribution in [0.15, 0.2) is 79.1 Å². The van der Waals surface area contributed by atoms with Gasteiger partial charge >= 0.3 is 0 Å². The highest BCUT2D eigenvalue weighted by molar-refractivity contribution is 5.98. The van der Waals surface area contributed by atoms with Gasteiger partial charge in [-0.1, -0.05) is 36.4 Å². The second kappa shape index (κ2) is 8.76. The van der Waals surface area contributed by atoms with E-state index in [-0.39, 0.29) is 0 Å². The molecule has 0 saturated heterocycles. The molecule has 0 bridgehead atoms. The van der Waals surface area contributed by atoms with Crippen LogP contribution in [0.2, 0.25) is 0 Å². The van der Waals surface area contributed by atoms with Crippen LogP contribution in [0, 0.1) is 0 Å². The van der Waals surface area contributed by atoms with Crippen molar-refractivity contribution in [2.45, 2.75) is 20.0 Å². The van der Waals surface area contributed by atoms with Gasteiger partial charge in [0, 0.05) is 28.9 Å². The third-order valence-corrected chi connectivity index (χ3v) is 5.10. The number of aromatic nitrogens is 1. The van der Waals surface area contributed by atoms with Crippen LogP contribution in [0.25, 0.3) is 21.9 Å². The number of benzene rings is 3. The number of hydrogen-bond acceptors (Lipinski definition) is 3. The average Bonchev–Trinajstić information content (AvgIpc) is 2.76. The molecule has 0 aliphatic rings. The molecule has 4 aromatic rings. The number of fused-ring (bicyclic) bond motifs is 1. The first kappa shape index (κ1) is 19.0. The lowest BCUT2D eigenvalue weighted by atomic mass is 9.96. The number of nitrogens with zero attached hydrogens (tertiary/aromatic N) is 1. The van der Waals surface area contributed by atoms with Crippen LogP contribution in [0.3, 0.4) is 0 Å². The summed E-state index contributed by atoms with van der Waals surface area (Å²) in [5, 5.41) is 14.5. The van der Waals surface area contributed by atoms with Gasteiger partial charge in [0.05, 0.1) is 6.61 Å². The third kappa shape index (κ3) is 4.23. The smallest absolute Gasteiger partial charge is 0.124 e. The summed E-state index contributed by atoms with van der Waals surface area (Å²) in [5.41, 5.74) is 4.53. The summed E-state index contributed by atoms with van der Waals surface area (Å²) >= 11 is 0. The molecule has 3 N–H and O–H groups in total. The average molecular weight is 385 g/mol. The number of aromatic hydroxyl groups is 1. The van der Waals surface area contributed by atoms with E-state index in [1.165, 1.54) is 16.5 Å². The Bertz CT molecular complexity index is 1110. The first-order chi connectivity index (χ1) is 14.3. The second-order valence-electron chi connectivity index (χ2n) is 6.98. The highest BCUT2D eigenvalue weighted by Gasteiger charge is 2.10. The monoisotopic (exact) mass is 385 g/mol. The van der Waals surface area contributed by atoms with E-state index in [0.29, 0.717) is 12.4 Å². The highest BCUT2D eigenvalue weighted by Crippen LogP contribution is 2.31. The van der Waals surface area contributed by atoms with Gasteiger partial charge in [0.1, 0.15) is 24.6 Å². The minimum atomic E-state index is 0.348. The fourth-order valence-corrected chi connectivity index (χ4v) is 3.64. The van der Waals surface area contributed by atoms with Gasteiger partial charge in [0.2, 0.25) is 0 Å². The molecule has 0 spiro atoms.